The standard InChI is InChI=1S/4C6H12N.Pt/c4*1-6-2-4-7-5-3-6;/h4*6H,2-5H2,1H3;/q4*-1;+4. The van der Waals surface area contributed by atoms with E-state index in [9.17, 15) is 0 Å². The Kier molecular flexibility index (Phi) is 20.8. The number of nitrogens with zero attached hydrogens (tertiary/aromatic N) is 4. The molecule has 0 aliphatic carbocycles. The van der Waals surface area contributed by atoms with E-state index >= 15 is 0 Å². The fourth-order valence-electron chi connectivity index (χ4n) is 3.52. The van der Waals surface area contributed by atoms with Gasteiger partial charge in [0.25, 0.3) is 0 Å². The summed E-state index contributed by atoms with van der Waals surface area (Å²) in [5.41, 5.74) is 0. The second-order valence-corrected chi connectivity index (χ2v) is 9.41. The number of hydrogen-bond donors (Lipinski definition) is 0. The van der Waals surface area contributed by atoms with Crippen LogP contribution in [0.25, 0.3) is 21.3 Å². The van der Waals surface area contributed by atoms with Crippen molar-refractivity contribution in [3.8, 4) is 0 Å². The molecule has 0 saturated carbocycles. The molecule has 4 aliphatic heterocycles. The molecular formula is C24H48N4Pt. The van der Waals surface area contributed by atoms with Crippen molar-refractivity contribution in [1.82, 2.24) is 0 Å². The summed E-state index contributed by atoms with van der Waals surface area (Å²) >= 11 is 0. The second-order valence-electron chi connectivity index (χ2n) is 9.41. The quantitative estimate of drug-likeness (QED) is 0.289. The van der Waals surface area contributed by atoms with Gasteiger partial charge in [0.1, 0.15) is 0 Å². The maximum atomic E-state index is 4.23. The summed E-state index contributed by atoms with van der Waals surface area (Å²) in [6.45, 7) is 18.1. The van der Waals surface area contributed by atoms with Crippen molar-refractivity contribution in [2.24, 2.45) is 23.7 Å². The average Bonchev–Trinajstić information content (AvgIpc) is 2.72. The Bertz CT molecular complexity index is 255. The van der Waals surface area contributed by atoms with Gasteiger partial charge in [0.05, 0.1) is 0 Å². The normalized spacial score (nSPS) is 24.4. The van der Waals surface area contributed by atoms with Crippen LogP contribution >= 0.6 is 0 Å². The van der Waals surface area contributed by atoms with Gasteiger partial charge in [-0.15, -0.1) is 52.4 Å². The molecule has 4 saturated heterocycles. The van der Waals surface area contributed by atoms with Crippen molar-refractivity contribution in [3.63, 3.8) is 0 Å². The Morgan fingerprint density at radius 1 is 0.345 bits per heavy atom. The van der Waals surface area contributed by atoms with Crippen molar-refractivity contribution < 1.29 is 21.1 Å². The van der Waals surface area contributed by atoms with Crippen LogP contribution < -0.4 is 0 Å². The van der Waals surface area contributed by atoms with Gasteiger partial charge in [-0.05, 0) is 23.7 Å². The smallest absolute Gasteiger partial charge is 0.662 e. The van der Waals surface area contributed by atoms with Crippen molar-refractivity contribution in [2.45, 2.75) is 79.1 Å². The number of piperidine rings is 4. The summed E-state index contributed by atoms with van der Waals surface area (Å²) in [6, 6.07) is 0. The summed E-state index contributed by atoms with van der Waals surface area (Å²) in [6.07, 6.45) is 10.6. The molecule has 5 heteroatoms. The molecule has 0 spiro atoms. The molecule has 0 atom stereocenters. The summed E-state index contributed by atoms with van der Waals surface area (Å²) in [5.74, 6) is 3.77. The largest absolute Gasteiger partial charge is 4.00 e. The molecule has 174 valence electrons. The molecular weight excluding hydrogens is 539 g/mol. The first-order chi connectivity index (χ1) is 13.6. The fraction of sp³-hybridized carbons (Fsp3) is 1.00. The van der Waals surface area contributed by atoms with Crippen molar-refractivity contribution in [1.29, 1.82) is 0 Å². The Hall–Kier alpha value is 0.528. The second kappa shape index (κ2) is 20.4. The first-order valence-electron chi connectivity index (χ1n) is 12.1. The zero-order valence-electron chi connectivity index (χ0n) is 19.7. The SMILES string of the molecule is CC1CC[N-]CC1.CC1CC[N-]CC1.CC1CC[N-]CC1.CC1CC[N-]CC1.[Pt+4]. The van der Waals surface area contributed by atoms with Crippen molar-refractivity contribution in [3.05, 3.63) is 21.3 Å². The van der Waals surface area contributed by atoms with E-state index in [1.54, 1.807) is 0 Å². The topological polar surface area (TPSA) is 56.4 Å². The van der Waals surface area contributed by atoms with E-state index in [0.29, 0.717) is 0 Å². The van der Waals surface area contributed by atoms with Crippen LogP contribution in [0.2, 0.25) is 0 Å². The van der Waals surface area contributed by atoms with Crippen LogP contribution in [0.15, 0.2) is 0 Å². The van der Waals surface area contributed by atoms with Crippen LogP contribution in [0.4, 0.5) is 0 Å². The van der Waals surface area contributed by atoms with E-state index in [1.807, 2.05) is 0 Å². The van der Waals surface area contributed by atoms with Crippen molar-refractivity contribution in [2.75, 3.05) is 52.4 Å². The maximum absolute atomic E-state index is 4.23. The summed E-state index contributed by atoms with van der Waals surface area (Å²) in [7, 11) is 0. The van der Waals surface area contributed by atoms with Crippen LogP contribution in [0.5, 0.6) is 0 Å². The predicted molar refractivity (Wildman–Crippen MR) is 126 cm³/mol. The Balaban J connectivity index is 0.000000356. The van der Waals surface area contributed by atoms with E-state index < -0.39 is 0 Å². The zero-order chi connectivity index (χ0) is 20.5. The Morgan fingerprint density at radius 2 is 0.483 bits per heavy atom. The molecule has 0 aromatic carbocycles. The zero-order valence-corrected chi connectivity index (χ0v) is 22.0. The van der Waals surface area contributed by atoms with Gasteiger partial charge in [0.2, 0.25) is 0 Å². The minimum Gasteiger partial charge on any atom is -0.662 e. The van der Waals surface area contributed by atoms with Crippen molar-refractivity contribution >= 4 is 0 Å². The molecule has 0 unspecified atom stereocenters. The van der Waals surface area contributed by atoms with Gasteiger partial charge in [-0.3, -0.25) is 0 Å². The van der Waals surface area contributed by atoms with E-state index in [0.717, 1.165) is 76.0 Å². The van der Waals surface area contributed by atoms with Gasteiger partial charge in [-0.1, -0.05) is 79.1 Å². The van der Waals surface area contributed by atoms with Gasteiger partial charge in [0, 0.05) is 0 Å². The van der Waals surface area contributed by atoms with Crippen LogP contribution in [-0.4, -0.2) is 52.4 Å². The average molecular weight is 588 g/mol. The Labute approximate surface area is 197 Å². The summed E-state index contributed by atoms with van der Waals surface area (Å²) in [4.78, 5) is 0. The third-order valence-electron chi connectivity index (χ3n) is 6.24. The molecule has 29 heavy (non-hydrogen) atoms. The third kappa shape index (κ3) is 19.0. The molecule has 4 aliphatic rings. The van der Waals surface area contributed by atoms with Gasteiger partial charge < -0.3 is 21.3 Å². The molecule has 4 nitrogen and oxygen atoms in total. The van der Waals surface area contributed by atoms with Crippen LogP contribution in [0, 0.1) is 23.7 Å². The third-order valence-corrected chi connectivity index (χ3v) is 6.24. The predicted octanol–water partition coefficient (Wildman–Crippen LogP) is 7.16. The van der Waals surface area contributed by atoms with E-state index in [2.05, 4.69) is 49.0 Å². The Morgan fingerprint density at radius 3 is 0.552 bits per heavy atom. The summed E-state index contributed by atoms with van der Waals surface area (Å²) < 4.78 is 0. The maximum Gasteiger partial charge on any atom is 4.00 e. The van der Waals surface area contributed by atoms with E-state index in [-0.39, 0.29) is 21.1 Å². The number of rotatable bonds is 0. The molecule has 4 heterocycles. The van der Waals surface area contributed by atoms with E-state index in [4.69, 9.17) is 0 Å². The molecule has 0 bridgehead atoms. The molecule has 0 N–H and O–H groups in total. The first kappa shape index (κ1) is 29.5. The molecule has 4 rings (SSSR count). The molecule has 4 fully saturated rings. The molecule has 0 amide bonds. The molecule has 0 aromatic heterocycles. The monoisotopic (exact) mass is 587 g/mol. The summed E-state index contributed by atoms with van der Waals surface area (Å²) in [5, 5.41) is 16.9. The molecule has 0 aromatic rings. The van der Waals surface area contributed by atoms with Crippen LogP contribution in [0.1, 0.15) is 79.1 Å². The van der Waals surface area contributed by atoms with Crippen LogP contribution in [0.3, 0.4) is 0 Å². The minimum atomic E-state index is 0. The first-order valence-corrected chi connectivity index (χ1v) is 12.1. The van der Waals surface area contributed by atoms with Gasteiger partial charge >= 0.3 is 21.1 Å². The van der Waals surface area contributed by atoms with Gasteiger partial charge in [-0.25, -0.2) is 0 Å². The van der Waals surface area contributed by atoms with Gasteiger partial charge in [0.15, 0.2) is 0 Å². The molecule has 0 radical (unpaired) electrons. The van der Waals surface area contributed by atoms with Crippen LogP contribution in [-0.2, 0) is 21.1 Å². The number of hydrogen-bond acceptors (Lipinski definition) is 0. The van der Waals surface area contributed by atoms with Gasteiger partial charge in [-0.2, -0.15) is 0 Å². The van der Waals surface area contributed by atoms with E-state index in [1.165, 1.54) is 51.4 Å². The fourth-order valence-corrected chi connectivity index (χ4v) is 3.52. The minimum absolute atomic E-state index is 0.